The number of rotatable bonds is 13. The Kier molecular flexibility index (Phi) is 10.2. The molecule has 1 saturated heterocycles. The Labute approximate surface area is 261 Å². The van der Waals surface area contributed by atoms with Gasteiger partial charge < -0.3 is 45.6 Å². The van der Waals surface area contributed by atoms with Crippen LogP contribution in [0.5, 0.6) is 5.75 Å². The van der Waals surface area contributed by atoms with E-state index in [1.165, 1.54) is 0 Å². The molecule has 0 radical (unpaired) electrons. The number of aromatic amines is 2. The fourth-order valence-corrected chi connectivity index (χ4v) is 5.98. The standard InChI is InChI=1S/C30H34N6O8S/c37-20(16-44-23-3-1-2-21-26(23)34-29(43)32-21)15-31-18-10-12-36(13-11-18)19-6-4-17(5-7-19)14-24-27(40)35-30(45-24)33-22(28(41)42)8-9-25(38)39/h1-7,14,18,20,22,31,37H,8-13,15-16H2,(H,38,39)(H,41,42)(H2,32,34,43)(H,33,35,40)/t20-,22-/m0/s1. The van der Waals surface area contributed by atoms with Crippen LogP contribution in [0.25, 0.3) is 17.1 Å². The molecule has 5 rings (SSSR count). The molecule has 1 aromatic heterocycles. The lowest BCUT2D eigenvalue weighted by atomic mass is 10.0. The van der Waals surface area contributed by atoms with E-state index < -0.39 is 30.0 Å². The van der Waals surface area contributed by atoms with E-state index >= 15 is 0 Å². The molecule has 2 aliphatic heterocycles. The molecule has 0 aliphatic carbocycles. The average molecular weight is 639 g/mol. The summed E-state index contributed by atoms with van der Waals surface area (Å²) < 4.78 is 5.75. The van der Waals surface area contributed by atoms with Crippen molar-refractivity contribution in [2.45, 2.75) is 43.9 Å². The van der Waals surface area contributed by atoms with Gasteiger partial charge in [-0.05, 0) is 66.9 Å². The first-order valence-electron chi connectivity index (χ1n) is 14.5. The number of amides is 1. The number of nitrogens with one attached hydrogen (secondary N) is 4. The average Bonchev–Trinajstić information content (AvgIpc) is 3.58. The van der Waals surface area contributed by atoms with Crippen molar-refractivity contribution in [2.24, 2.45) is 4.99 Å². The van der Waals surface area contributed by atoms with Crippen LogP contribution in [-0.4, -0.2) is 92.7 Å². The van der Waals surface area contributed by atoms with Crippen molar-refractivity contribution in [1.82, 2.24) is 20.6 Å². The number of anilines is 1. The first-order chi connectivity index (χ1) is 21.6. The Hall–Kier alpha value is -4.60. The molecule has 2 atom stereocenters. The van der Waals surface area contributed by atoms with Gasteiger partial charge >= 0.3 is 17.6 Å². The lowest BCUT2D eigenvalue weighted by Crippen LogP contribution is -2.45. The summed E-state index contributed by atoms with van der Waals surface area (Å²) in [5.74, 6) is -2.31. The van der Waals surface area contributed by atoms with Gasteiger partial charge in [0.15, 0.2) is 5.17 Å². The number of carbonyl (C=O) groups is 3. The molecular formula is C30H34N6O8S. The number of aliphatic imine (C=N–C) groups is 1. The number of carboxylic acid groups (broad SMARTS) is 2. The largest absolute Gasteiger partial charge is 0.489 e. The topological polar surface area (TPSA) is 209 Å². The van der Waals surface area contributed by atoms with Crippen molar-refractivity contribution in [3.8, 4) is 5.75 Å². The summed E-state index contributed by atoms with van der Waals surface area (Å²) in [5.41, 5.74) is 2.74. The summed E-state index contributed by atoms with van der Waals surface area (Å²) in [6.45, 7) is 2.13. The van der Waals surface area contributed by atoms with Crippen LogP contribution in [0.1, 0.15) is 31.2 Å². The molecule has 14 nitrogen and oxygen atoms in total. The number of para-hydroxylation sites is 1. The number of amidine groups is 1. The van der Waals surface area contributed by atoms with Crippen LogP contribution >= 0.6 is 11.8 Å². The van der Waals surface area contributed by atoms with E-state index in [2.05, 4.69) is 30.5 Å². The van der Waals surface area contributed by atoms with Gasteiger partial charge in [0.25, 0.3) is 5.91 Å². The molecule has 1 amide bonds. The van der Waals surface area contributed by atoms with Crippen LogP contribution < -0.4 is 26.0 Å². The molecule has 0 unspecified atom stereocenters. The zero-order valence-corrected chi connectivity index (χ0v) is 25.0. The Balaban J connectivity index is 1.05. The zero-order valence-electron chi connectivity index (χ0n) is 24.2. The maximum absolute atomic E-state index is 12.4. The molecule has 238 valence electrons. The lowest BCUT2D eigenvalue weighted by Gasteiger charge is -2.34. The predicted octanol–water partition coefficient (Wildman–Crippen LogP) is 1.73. The normalized spacial score (nSPS) is 17.8. The van der Waals surface area contributed by atoms with Crippen LogP contribution in [-0.2, 0) is 14.4 Å². The number of carbonyl (C=O) groups excluding carboxylic acids is 1. The number of hydrogen-bond acceptors (Lipinski definition) is 10. The third kappa shape index (κ3) is 8.53. The second-order valence-corrected chi connectivity index (χ2v) is 11.8. The van der Waals surface area contributed by atoms with Gasteiger partial charge in [0.2, 0.25) is 0 Å². The van der Waals surface area contributed by atoms with Crippen molar-refractivity contribution in [3.05, 3.63) is 63.4 Å². The minimum absolute atomic E-state index is 0.0877. The molecule has 3 heterocycles. The molecule has 3 aromatic rings. The van der Waals surface area contributed by atoms with Gasteiger partial charge in [-0.25, -0.2) is 9.59 Å². The fourth-order valence-electron chi connectivity index (χ4n) is 5.12. The summed E-state index contributed by atoms with van der Waals surface area (Å²) >= 11 is 1.02. The fraction of sp³-hybridized carbons (Fsp3) is 0.367. The number of imidazole rings is 1. The molecule has 7 N–H and O–H groups in total. The molecule has 45 heavy (non-hydrogen) atoms. The number of thioether (sulfide) groups is 1. The third-order valence-corrected chi connectivity index (χ3v) is 8.42. The Morgan fingerprint density at radius 1 is 1.11 bits per heavy atom. The number of fused-ring (bicyclic) bond motifs is 1. The van der Waals surface area contributed by atoms with Crippen LogP contribution in [0, 0.1) is 0 Å². The summed E-state index contributed by atoms with van der Waals surface area (Å²) in [6.07, 6.45) is 2.29. The summed E-state index contributed by atoms with van der Waals surface area (Å²) in [5, 5.41) is 34.8. The number of carboxylic acids is 2. The molecule has 0 spiro atoms. The van der Waals surface area contributed by atoms with Crippen LogP contribution in [0.4, 0.5) is 5.69 Å². The van der Waals surface area contributed by atoms with Gasteiger partial charge in [-0.1, -0.05) is 18.2 Å². The number of ether oxygens (including phenoxy) is 1. The second kappa shape index (κ2) is 14.5. The van der Waals surface area contributed by atoms with Gasteiger partial charge in [-0.3, -0.25) is 9.59 Å². The van der Waals surface area contributed by atoms with E-state index in [9.17, 15) is 29.4 Å². The number of H-pyrrole nitrogens is 2. The highest BCUT2D eigenvalue weighted by atomic mass is 32.2. The number of aromatic nitrogens is 2. The van der Waals surface area contributed by atoms with Crippen LogP contribution in [0.3, 0.4) is 0 Å². The number of nitrogens with zero attached hydrogens (tertiary/aromatic N) is 2. The number of aliphatic hydroxyl groups is 1. The Morgan fingerprint density at radius 2 is 1.87 bits per heavy atom. The summed E-state index contributed by atoms with van der Waals surface area (Å²) in [4.78, 5) is 58.1. The quantitative estimate of drug-likeness (QED) is 0.134. The maximum Gasteiger partial charge on any atom is 0.326 e. The van der Waals surface area contributed by atoms with Crippen LogP contribution in [0.15, 0.2) is 57.2 Å². The minimum atomic E-state index is -1.22. The Bertz CT molecular complexity index is 1660. The highest BCUT2D eigenvalue weighted by Crippen LogP contribution is 2.29. The second-order valence-electron chi connectivity index (χ2n) is 10.8. The number of piperidine rings is 1. The predicted molar refractivity (Wildman–Crippen MR) is 170 cm³/mol. The summed E-state index contributed by atoms with van der Waals surface area (Å²) in [7, 11) is 0. The maximum atomic E-state index is 12.4. The van der Waals surface area contributed by atoms with E-state index in [4.69, 9.17) is 9.84 Å². The van der Waals surface area contributed by atoms with Crippen molar-refractivity contribution < 1.29 is 34.4 Å². The molecule has 0 saturated carbocycles. The SMILES string of the molecule is O=C(O)CC[C@H](NC1=NC(=O)C(=Cc2ccc(N3CCC(NC[C@H](O)COc4cccc5[nH]c(=O)[nH]c45)CC3)cc2)S1)C(=O)O. The molecular weight excluding hydrogens is 604 g/mol. The number of aliphatic carboxylic acids is 2. The van der Waals surface area contributed by atoms with Crippen molar-refractivity contribution in [3.63, 3.8) is 0 Å². The minimum Gasteiger partial charge on any atom is -0.489 e. The molecule has 2 aliphatic rings. The van der Waals surface area contributed by atoms with Crippen LogP contribution in [0.2, 0.25) is 0 Å². The number of aliphatic hydroxyl groups excluding tert-OH is 1. The van der Waals surface area contributed by atoms with E-state index in [1.54, 1.807) is 24.3 Å². The Morgan fingerprint density at radius 3 is 2.58 bits per heavy atom. The lowest BCUT2D eigenvalue weighted by molar-refractivity contribution is -0.140. The smallest absolute Gasteiger partial charge is 0.326 e. The first-order valence-corrected chi connectivity index (χ1v) is 15.3. The molecule has 2 aromatic carbocycles. The van der Waals surface area contributed by atoms with Crippen molar-refractivity contribution in [1.29, 1.82) is 0 Å². The summed E-state index contributed by atoms with van der Waals surface area (Å²) in [6, 6.07) is 12.1. The first kappa shape index (κ1) is 31.8. The van der Waals surface area contributed by atoms with Crippen molar-refractivity contribution >= 4 is 57.6 Å². The molecule has 15 heteroatoms. The van der Waals surface area contributed by atoms with Crippen molar-refractivity contribution in [2.75, 3.05) is 31.1 Å². The van der Waals surface area contributed by atoms with Gasteiger partial charge in [0, 0.05) is 37.8 Å². The zero-order chi connectivity index (χ0) is 31.9. The van der Waals surface area contributed by atoms with E-state index in [0.717, 1.165) is 48.9 Å². The highest BCUT2D eigenvalue weighted by Gasteiger charge is 2.27. The van der Waals surface area contributed by atoms with Gasteiger partial charge in [-0.2, -0.15) is 4.99 Å². The monoisotopic (exact) mass is 638 g/mol. The number of hydrogen-bond donors (Lipinski definition) is 7. The van der Waals surface area contributed by atoms with E-state index in [0.29, 0.717) is 28.2 Å². The van der Waals surface area contributed by atoms with Gasteiger partial charge in [-0.15, -0.1) is 0 Å². The molecule has 0 bridgehead atoms. The van der Waals surface area contributed by atoms with E-state index in [1.807, 2.05) is 24.3 Å². The van der Waals surface area contributed by atoms with E-state index in [-0.39, 0.29) is 36.3 Å². The number of benzene rings is 2. The highest BCUT2D eigenvalue weighted by molar-refractivity contribution is 8.18. The van der Waals surface area contributed by atoms with Gasteiger partial charge in [0.05, 0.1) is 10.4 Å². The molecule has 1 fully saturated rings. The third-order valence-electron chi connectivity index (χ3n) is 7.50. The van der Waals surface area contributed by atoms with Gasteiger partial charge in [0.1, 0.15) is 30.0 Å².